The monoisotopic (exact) mass is 291 g/mol. The topological polar surface area (TPSA) is 53.7 Å². The highest BCUT2D eigenvalue weighted by atomic mass is 28.4. The van der Waals surface area contributed by atoms with Crippen molar-refractivity contribution in [1.29, 1.82) is 0 Å². The molecule has 5 heteroatoms. The van der Waals surface area contributed by atoms with Gasteiger partial charge in [-0.3, -0.25) is 0 Å². The zero-order valence-electron chi connectivity index (χ0n) is 13.1. The summed E-state index contributed by atoms with van der Waals surface area (Å²) >= 11 is 0. The first-order valence-electron chi connectivity index (χ1n) is 7.63. The minimum absolute atomic E-state index is 0.751. The summed E-state index contributed by atoms with van der Waals surface area (Å²) in [6.07, 6.45) is 11.5. The molecular weight excluding hydrogens is 258 g/mol. The number of nitrogens with two attached hydrogens (primary N) is 1. The van der Waals surface area contributed by atoms with Crippen LogP contribution in [0.15, 0.2) is 0 Å². The zero-order valence-corrected chi connectivity index (χ0v) is 14.1. The van der Waals surface area contributed by atoms with Crippen LogP contribution in [-0.4, -0.2) is 36.2 Å². The van der Waals surface area contributed by atoms with Crippen LogP contribution in [0, 0.1) is 0 Å². The van der Waals surface area contributed by atoms with Crippen molar-refractivity contribution in [2.24, 2.45) is 5.73 Å². The van der Waals surface area contributed by atoms with Crippen molar-refractivity contribution in [3.63, 3.8) is 0 Å². The molecule has 2 N–H and O–H groups in total. The van der Waals surface area contributed by atoms with E-state index in [2.05, 4.69) is 0 Å². The maximum Gasteiger partial charge on any atom is 0.497 e. The molecule has 0 aromatic heterocycles. The summed E-state index contributed by atoms with van der Waals surface area (Å²) in [5.41, 5.74) is 5.46. The summed E-state index contributed by atoms with van der Waals surface area (Å²) < 4.78 is 16.2. The Hall–Kier alpha value is 0.0569. The van der Waals surface area contributed by atoms with Crippen LogP contribution in [-0.2, 0) is 13.3 Å². The lowest BCUT2D eigenvalue weighted by molar-refractivity contribution is 0.104. The summed E-state index contributed by atoms with van der Waals surface area (Å²) in [5.74, 6) is 0. The van der Waals surface area contributed by atoms with Crippen LogP contribution >= 0.6 is 0 Å². The maximum absolute atomic E-state index is 5.68. The molecule has 0 fully saturated rings. The van der Waals surface area contributed by atoms with Crippen molar-refractivity contribution in [2.75, 3.05) is 27.4 Å². The molecule has 0 rings (SSSR count). The van der Waals surface area contributed by atoms with Crippen LogP contribution in [0.4, 0.5) is 0 Å². The first-order chi connectivity index (χ1) is 9.18. The second-order valence-electron chi connectivity index (χ2n) is 5.09. The van der Waals surface area contributed by atoms with Gasteiger partial charge >= 0.3 is 8.80 Å². The van der Waals surface area contributed by atoms with E-state index in [1.165, 1.54) is 51.4 Å². The molecule has 0 atom stereocenters. The zero-order chi connectivity index (χ0) is 14.4. The molecule has 4 nitrogen and oxygen atoms in total. The van der Waals surface area contributed by atoms with Crippen molar-refractivity contribution in [3.8, 4) is 0 Å². The van der Waals surface area contributed by atoms with E-state index in [-0.39, 0.29) is 0 Å². The molecule has 0 saturated carbocycles. The van der Waals surface area contributed by atoms with Gasteiger partial charge in [0.1, 0.15) is 0 Å². The molecule has 0 heterocycles. The van der Waals surface area contributed by atoms with Crippen LogP contribution in [0.25, 0.3) is 0 Å². The first kappa shape index (κ1) is 19.1. The highest BCUT2D eigenvalue weighted by Crippen LogP contribution is 2.11. The number of hydrogen-bond acceptors (Lipinski definition) is 4. The van der Waals surface area contributed by atoms with Crippen LogP contribution in [0.3, 0.4) is 0 Å². The van der Waals surface area contributed by atoms with Crippen molar-refractivity contribution in [1.82, 2.24) is 0 Å². The molecule has 0 unspecified atom stereocenters. The Balaban J connectivity index is 3.19. The minimum atomic E-state index is -2.30. The Morgan fingerprint density at radius 3 is 1.58 bits per heavy atom. The summed E-state index contributed by atoms with van der Waals surface area (Å²) in [6.45, 7) is 3.51. The van der Waals surface area contributed by atoms with E-state index >= 15 is 0 Å². The van der Waals surface area contributed by atoms with Gasteiger partial charge in [0.25, 0.3) is 0 Å². The van der Waals surface area contributed by atoms with E-state index in [1.807, 2.05) is 6.55 Å². The van der Waals surface area contributed by atoms with Crippen LogP contribution in [0.2, 0.25) is 6.55 Å². The molecule has 0 aliphatic carbocycles. The van der Waals surface area contributed by atoms with Crippen molar-refractivity contribution < 1.29 is 13.3 Å². The average molecular weight is 292 g/mol. The summed E-state index contributed by atoms with van der Waals surface area (Å²) in [6, 6.07) is 0. The summed E-state index contributed by atoms with van der Waals surface area (Å²) in [4.78, 5) is 0. The van der Waals surface area contributed by atoms with Crippen molar-refractivity contribution in [3.05, 3.63) is 0 Å². The maximum atomic E-state index is 5.68. The molecular formula is C14H33NO3Si. The lowest BCUT2D eigenvalue weighted by Gasteiger charge is -2.21. The van der Waals surface area contributed by atoms with E-state index in [4.69, 9.17) is 19.0 Å². The predicted molar refractivity (Wildman–Crippen MR) is 82.2 cm³/mol. The van der Waals surface area contributed by atoms with E-state index in [9.17, 15) is 0 Å². The van der Waals surface area contributed by atoms with E-state index in [1.54, 1.807) is 14.2 Å². The lowest BCUT2D eigenvalue weighted by atomic mass is 10.1. The highest BCUT2D eigenvalue weighted by Gasteiger charge is 2.31. The average Bonchev–Trinajstić information content (AvgIpc) is 2.44. The van der Waals surface area contributed by atoms with Gasteiger partial charge in [-0.2, -0.15) is 0 Å². The number of unbranched alkanes of at least 4 members (excludes halogenated alkanes) is 8. The Morgan fingerprint density at radius 1 is 0.737 bits per heavy atom. The second kappa shape index (κ2) is 13.1. The van der Waals surface area contributed by atoms with E-state index in [0.29, 0.717) is 0 Å². The quantitative estimate of drug-likeness (QED) is 0.394. The normalized spacial score (nSPS) is 12.0. The molecule has 0 aliphatic rings. The molecule has 116 valence electrons. The predicted octanol–water partition coefficient (Wildman–Crippen LogP) is 3.33. The standard InChI is InChI=1S/C14H33NO3Si/c1-16-19(3,17-2)18-14-12-10-8-6-4-5-7-9-11-13-15/h4-15H2,1-3H3. The van der Waals surface area contributed by atoms with Gasteiger partial charge in [-0.05, 0) is 19.4 Å². The first-order valence-corrected chi connectivity index (χ1v) is 9.85. The number of rotatable bonds is 14. The van der Waals surface area contributed by atoms with Crippen LogP contribution < -0.4 is 5.73 Å². The lowest BCUT2D eigenvalue weighted by Crippen LogP contribution is -2.40. The van der Waals surface area contributed by atoms with Crippen LogP contribution in [0.5, 0.6) is 0 Å². The third-order valence-electron chi connectivity index (χ3n) is 3.45. The van der Waals surface area contributed by atoms with Crippen LogP contribution in [0.1, 0.15) is 57.8 Å². The van der Waals surface area contributed by atoms with Gasteiger partial charge in [0, 0.05) is 27.4 Å². The molecule has 0 spiro atoms. The van der Waals surface area contributed by atoms with E-state index < -0.39 is 8.80 Å². The molecule has 0 aromatic rings. The number of hydrogen-bond donors (Lipinski definition) is 1. The molecule has 19 heavy (non-hydrogen) atoms. The Bertz CT molecular complexity index is 190. The molecule has 0 aliphatic heterocycles. The second-order valence-corrected chi connectivity index (χ2v) is 7.92. The minimum Gasteiger partial charge on any atom is -0.377 e. The Labute approximate surface area is 120 Å². The fraction of sp³-hybridized carbons (Fsp3) is 1.00. The van der Waals surface area contributed by atoms with Gasteiger partial charge in [-0.25, -0.2) is 0 Å². The Kier molecular flexibility index (Phi) is 13.1. The third kappa shape index (κ3) is 11.6. The molecule has 0 saturated heterocycles. The summed E-state index contributed by atoms with van der Waals surface area (Å²) in [7, 11) is 1.00. The molecule has 0 radical (unpaired) electrons. The van der Waals surface area contributed by atoms with Gasteiger partial charge in [0.05, 0.1) is 0 Å². The van der Waals surface area contributed by atoms with Gasteiger partial charge in [-0.1, -0.05) is 44.9 Å². The largest absolute Gasteiger partial charge is 0.497 e. The third-order valence-corrected chi connectivity index (χ3v) is 5.67. The molecule has 0 amide bonds. The van der Waals surface area contributed by atoms with Crippen molar-refractivity contribution in [2.45, 2.75) is 64.3 Å². The van der Waals surface area contributed by atoms with Gasteiger partial charge in [0.15, 0.2) is 0 Å². The Morgan fingerprint density at radius 2 is 1.16 bits per heavy atom. The van der Waals surface area contributed by atoms with Gasteiger partial charge in [-0.15, -0.1) is 0 Å². The van der Waals surface area contributed by atoms with E-state index in [0.717, 1.165) is 19.6 Å². The SMILES string of the molecule is CO[Si](C)(OC)OCCCCCCCCCCCN. The summed E-state index contributed by atoms with van der Waals surface area (Å²) in [5, 5.41) is 0. The van der Waals surface area contributed by atoms with Crippen molar-refractivity contribution >= 4 is 8.80 Å². The van der Waals surface area contributed by atoms with Gasteiger partial charge < -0.3 is 19.0 Å². The fourth-order valence-corrected chi connectivity index (χ4v) is 2.86. The van der Waals surface area contributed by atoms with Gasteiger partial charge in [0.2, 0.25) is 0 Å². The molecule has 0 bridgehead atoms. The fourth-order valence-electron chi connectivity index (χ4n) is 1.94. The highest BCUT2D eigenvalue weighted by molar-refractivity contribution is 6.59. The smallest absolute Gasteiger partial charge is 0.377 e. The molecule has 0 aromatic carbocycles.